The predicted molar refractivity (Wildman–Crippen MR) is 55.4 cm³/mol. The van der Waals surface area contributed by atoms with E-state index in [2.05, 4.69) is 26.1 Å². The van der Waals surface area contributed by atoms with Crippen LogP contribution in [0.5, 0.6) is 0 Å². The molecule has 2 N–H and O–H groups in total. The summed E-state index contributed by atoms with van der Waals surface area (Å²) in [7, 11) is 0. The van der Waals surface area contributed by atoms with Gasteiger partial charge >= 0.3 is 0 Å². The summed E-state index contributed by atoms with van der Waals surface area (Å²) < 4.78 is 0. The lowest BCUT2D eigenvalue weighted by Gasteiger charge is -2.18. The standard InChI is InChI=1S/C8H19NO.C2H6/c1-8(2,3)7-9-5-4-6-10;1-2/h9-10H,4-7H2,1-3H3;1-2H3. The van der Waals surface area contributed by atoms with Gasteiger partial charge < -0.3 is 10.4 Å². The van der Waals surface area contributed by atoms with E-state index in [4.69, 9.17) is 5.11 Å². The van der Waals surface area contributed by atoms with E-state index in [1.807, 2.05) is 13.8 Å². The van der Waals surface area contributed by atoms with E-state index in [1.165, 1.54) is 0 Å². The Balaban J connectivity index is 0. The Morgan fingerprint density at radius 3 is 2.00 bits per heavy atom. The number of rotatable bonds is 4. The molecule has 0 atom stereocenters. The summed E-state index contributed by atoms with van der Waals surface area (Å²) in [6, 6.07) is 0. The van der Waals surface area contributed by atoms with Crippen molar-refractivity contribution in [1.29, 1.82) is 0 Å². The van der Waals surface area contributed by atoms with Crippen LogP contribution in [0.4, 0.5) is 0 Å². The molecule has 0 amide bonds. The van der Waals surface area contributed by atoms with Crippen molar-refractivity contribution in [3.8, 4) is 0 Å². The zero-order valence-electron chi connectivity index (χ0n) is 9.28. The lowest BCUT2D eigenvalue weighted by molar-refractivity contribution is 0.280. The van der Waals surface area contributed by atoms with Gasteiger partial charge in [0.05, 0.1) is 0 Å². The van der Waals surface area contributed by atoms with E-state index in [0.29, 0.717) is 5.41 Å². The third kappa shape index (κ3) is 16.5. The summed E-state index contributed by atoms with van der Waals surface area (Å²) in [5, 5.41) is 11.7. The van der Waals surface area contributed by atoms with Crippen LogP contribution >= 0.6 is 0 Å². The fourth-order valence-corrected chi connectivity index (χ4v) is 0.667. The van der Waals surface area contributed by atoms with Crippen LogP contribution in [0.1, 0.15) is 41.0 Å². The minimum absolute atomic E-state index is 0.289. The molecule has 0 aromatic carbocycles. The Kier molecular flexibility index (Phi) is 10.8. The third-order valence-electron chi connectivity index (χ3n) is 1.17. The monoisotopic (exact) mass is 175 g/mol. The van der Waals surface area contributed by atoms with Crippen molar-refractivity contribution in [1.82, 2.24) is 5.32 Å². The fourth-order valence-electron chi connectivity index (χ4n) is 0.667. The van der Waals surface area contributed by atoms with E-state index in [-0.39, 0.29) is 6.61 Å². The highest BCUT2D eigenvalue weighted by molar-refractivity contribution is 4.64. The molecule has 0 bridgehead atoms. The molecule has 0 heterocycles. The van der Waals surface area contributed by atoms with Crippen molar-refractivity contribution >= 4 is 0 Å². The van der Waals surface area contributed by atoms with Gasteiger partial charge in [0.25, 0.3) is 0 Å². The summed E-state index contributed by atoms with van der Waals surface area (Å²) >= 11 is 0. The first-order valence-electron chi connectivity index (χ1n) is 4.88. The Morgan fingerprint density at radius 2 is 1.67 bits per heavy atom. The third-order valence-corrected chi connectivity index (χ3v) is 1.17. The van der Waals surface area contributed by atoms with Gasteiger partial charge in [-0.1, -0.05) is 34.6 Å². The van der Waals surface area contributed by atoms with Crippen LogP contribution in [0, 0.1) is 5.41 Å². The van der Waals surface area contributed by atoms with Crippen molar-refractivity contribution in [2.24, 2.45) is 5.41 Å². The Hall–Kier alpha value is -0.0800. The van der Waals surface area contributed by atoms with Crippen LogP contribution in [0.25, 0.3) is 0 Å². The number of nitrogens with one attached hydrogen (secondary N) is 1. The molecule has 0 aromatic rings. The van der Waals surface area contributed by atoms with Gasteiger partial charge in [-0.15, -0.1) is 0 Å². The summed E-state index contributed by atoms with van der Waals surface area (Å²) in [5.41, 5.74) is 0.357. The van der Waals surface area contributed by atoms with Gasteiger partial charge in [0.15, 0.2) is 0 Å². The average Bonchev–Trinajstić information content (AvgIpc) is 2.01. The normalized spacial score (nSPS) is 10.5. The Bertz CT molecular complexity index is 76.4. The highest BCUT2D eigenvalue weighted by atomic mass is 16.3. The van der Waals surface area contributed by atoms with Crippen molar-refractivity contribution in [3.63, 3.8) is 0 Å². The van der Waals surface area contributed by atoms with Crippen LogP contribution in [-0.4, -0.2) is 24.8 Å². The van der Waals surface area contributed by atoms with Crippen LogP contribution in [0.3, 0.4) is 0 Å². The minimum Gasteiger partial charge on any atom is -0.396 e. The molecule has 0 unspecified atom stereocenters. The van der Waals surface area contributed by atoms with Gasteiger partial charge in [-0.2, -0.15) is 0 Å². The van der Waals surface area contributed by atoms with E-state index >= 15 is 0 Å². The van der Waals surface area contributed by atoms with E-state index in [1.54, 1.807) is 0 Å². The first kappa shape index (κ1) is 14.4. The molecule has 2 nitrogen and oxygen atoms in total. The van der Waals surface area contributed by atoms with E-state index < -0.39 is 0 Å². The summed E-state index contributed by atoms with van der Waals surface area (Å²) in [5.74, 6) is 0. The molecular weight excluding hydrogens is 150 g/mol. The molecule has 12 heavy (non-hydrogen) atoms. The first-order valence-corrected chi connectivity index (χ1v) is 4.88. The van der Waals surface area contributed by atoms with Gasteiger partial charge in [0, 0.05) is 6.61 Å². The quantitative estimate of drug-likeness (QED) is 0.641. The largest absolute Gasteiger partial charge is 0.396 e. The van der Waals surface area contributed by atoms with Crippen molar-refractivity contribution in [3.05, 3.63) is 0 Å². The topological polar surface area (TPSA) is 32.3 Å². The number of hydrogen-bond acceptors (Lipinski definition) is 2. The lowest BCUT2D eigenvalue weighted by atomic mass is 9.97. The molecule has 0 aliphatic carbocycles. The zero-order chi connectivity index (χ0) is 10.0. The molecule has 0 aliphatic rings. The van der Waals surface area contributed by atoms with Gasteiger partial charge in [0.1, 0.15) is 0 Å². The highest BCUT2D eigenvalue weighted by Gasteiger charge is 2.07. The second-order valence-electron chi connectivity index (χ2n) is 3.81. The Morgan fingerprint density at radius 1 is 1.17 bits per heavy atom. The average molecular weight is 175 g/mol. The van der Waals surface area contributed by atoms with E-state index in [0.717, 1.165) is 19.5 Å². The maximum atomic E-state index is 8.46. The number of aliphatic hydroxyl groups is 1. The number of hydrogen-bond donors (Lipinski definition) is 2. The van der Waals surface area contributed by atoms with Crippen molar-refractivity contribution in [2.45, 2.75) is 41.0 Å². The summed E-state index contributed by atoms with van der Waals surface area (Å²) in [6.45, 7) is 12.8. The molecule has 76 valence electrons. The van der Waals surface area contributed by atoms with Crippen LogP contribution in [0.15, 0.2) is 0 Å². The first-order chi connectivity index (χ1) is 5.56. The summed E-state index contributed by atoms with van der Waals surface area (Å²) in [4.78, 5) is 0. The van der Waals surface area contributed by atoms with Crippen molar-refractivity contribution < 1.29 is 5.11 Å². The molecule has 0 radical (unpaired) electrons. The minimum atomic E-state index is 0.289. The summed E-state index contributed by atoms with van der Waals surface area (Å²) in [6.07, 6.45) is 0.857. The second kappa shape index (κ2) is 9.01. The molecule has 0 saturated carbocycles. The number of aliphatic hydroxyl groups excluding tert-OH is 1. The van der Waals surface area contributed by atoms with Crippen molar-refractivity contribution in [2.75, 3.05) is 19.7 Å². The van der Waals surface area contributed by atoms with Gasteiger partial charge in [-0.05, 0) is 24.9 Å². The molecule has 0 aliphatic heterocycles. The fraction of sp³-hybridized carbons (Fsp3) is 1.00. The van der Waals surface area contributed by atoms with Gasteiger partial charge in [0.2, 0.25) is 0 Å². The molecule has 0 aromatic heterocycles. The smallest absolute Gasteiger partial charge is 0.0443 e. The van der Waals surface area contributed by atoms with Gasteiger partial charge in [-0.25, -0.2) is 0 Å². The molecule has 0 rings (SSSR count). The molecule has 0 saturated heterocycles. The van der Waals surface area contributed by atoms with E-state index in [9.17, 15) is 0 Å². The maximum absolute atomic E-state index is 8.46. The second-order valence-corrected chi connectivity index (χ2v) is 3.81. The molecule has 0 fully saturated rings. The predicted octanol–water partition coefficient (Wildman–Crippen LogP) is 2.03. The van der Waals surface area contributed by atoms with Gasteiger partial charge in [-0.3, -0.25) is 0 Å². The molecule has 2 heteroatoms. The Labute approximate surface area is 77.4 Å². The maximum Gasteiger partial charge on any atom is 0.0443 e. The highest BCUT2D eigenvalue weighted by Crippen LogP contribution is 2.09. The lowest BCUT2D eigenvalue weighted by Crippen LogP contribution is -2.27. The van der Waals surface area contributed by atoms with Crippen LogP contribution in [-0.2, 0) is 0 Å². The van der Waals surface area contributed by atoms with Crippen LogP contribution < -0.4 is 5.32 Å². The SMILES string of the molecule is CC.CC(C)(C)CNCCCO. The zero-order valence-corrected chi connectivity index (χ0v) is 9.28. The van der Waals surface area contributed by atoms with Crippen LogP contribution in [0.2, 0.25) is 0 Å². The molecular formula is C10H25NO. The molecule has 0 spiro atoms.